The Morgan fingerprint density at radius 1 is 1.06 bits per heavy atom. The van der Waals surface area contributed by atoms with Crippen molar-refractivity contribution in [3.05, 3.63) is 29.8 Å². The van der Waals surface area contributed by atoms with E-state index in [9.17, 15) is 14.4 Å². The van der Waals surface area contributed by atoms with E-state index in [1.54, 1.807) is 0 Å². The SMILES string of the molecule is Cc1cccc(N2CCN(CCCNC(=O)CCN3C(=O)NC4(CCCCC4)C3=O)CC2)c1. The summed E-state index contributed by atoms with van der Waals surface area (Å²) in [7, 11) is 0. The van der Waals surface area contributed by atoms with E-state index in [-0.39, 0.29) is 30.8 Å². The molecule has 3 fully saturated rings. The molecule has 2 N–H and O–H groups in total. The summed E-state index contributed by atoms with van der Waals surface area (Å²) in [6.07, 6.45) is 5.49. The molecule has 0 atom stereocenters. The molecular formula is C25H37N5O3. The number of aryl methyl sites for hydroxylation is 1. The molecule has 1 aromatic carbocycles. The summed E-state index contributed by atoms with van der Waals surface area (Å²) in [5.41, 5.74) is 1.87. The Bertz CT molecular complexity index is 859. The highest BCUT2D eigenvalue weighted by molar-refractivity contribution is 6.07. The van der Waals surface area contributed by atoms with E-state index >= 15 is 0 Å². The Morgan fingerprint density at radius 2 is 1.82 bits per heavy atom. The first-order valence-electron chi connectivity index (χ1n) is 12.4. The Labute approximate surface area is 196 Å². The second-order valence-corrected chi connectivity index (χ2v) is 9.65. The van der Waals surface area contributed by atoms with Crippen molar-refractivity contribution in [3.63, 3.8) is 0 Å². The molecule has 1 spiro atoms. The average molecular weight is 456 g/mol. The first-order valence-corrected chi connectivity index (χ1v) is 12.4. The maximum atomic E-state index is 12.8. The standard InChI is InChI=1S/C25H37N5O3/c1-20-7-5-8-21(19-20)29-17-15-28(16-18-29)13-6-12-26-22(31)9-14-30-23(32)25(27-24(30)33)10-3-2-4-11-25/h5,7-8,19H,2-4,6,9-18H2,1H3,(H,26,31)(H,27,33). The topological polar surface area (TPSA) is 85.0 Å². The zero-order valence-corrected chi connectivity index (χ0v) is 19.8. The first-order chi connectivity index (χ1) is 16.0. The van der Waals surface area contributed by atoms with Gasteiger partial charge in [-0.15, -0.1) is 0 Å². The van der Waals surface area contributed by atoms with Crippen LogP contribution < -0.4 is 15.5 Å². The average Bonchev–Trinajstić information content (AvgIpc) is 3.04. The predicted octanol–water partition coefficient (Wildman–Crippen LogP) is 2.27. The Hall–Kier alpha value is -2.61. The highest BCUT2D eigenvalue weighted by Gasteiger charge is 2.51. The molecule has 3 aliphatic rings. The van der Waals surface area contributed by atoms with Crippen LogP contribution in [-0.4, -0.2) is 79.0 Å². The Morgan fingerprint density at radius 3 is 2.55 bits per heavy atom. The molecule has 4 rings (SSSR count). The third-order valence-electron chi connectivity index (χ3n) is 7.23. The maximum Gasteiger partial charge on any atom is 0.325 e. The number of amides is 4. The number of urea groups is 1. The fraction of sp³-hybridized carbons (Fsp3) is 0.640. The van der Waals surface area contributed by atoms with Crippen LogP contribution in [0.3, 0.4) is 0 Å². The lowest BCUT2D eigenvalue weighted by Crippen LogP contribution is -2.48. The number of nitrogens with zero attached hydrogens (tertiary/aromatic N) is 3. The van der Waals surface area contributed by atoms with Crippen molar-refractivity contribution in [2.75, 3.05) is 50.7 Å². The van der Waals surface area contributed by atoms with Crippen LogP contribution in [0.25, 0.3) is 0 Å². The number of rotatable bonds is 8. The second kappa shape index (κ2) is 10.5. The van der Waals surface area contributed by atoms with Crippen molar-refractivity contribution in [3.8, 4) is 0 Å². The third-order valence-corrected chi connectivity index (χ3v) is 7.23. The van der Waals surface area contributed by atoms with Gasteiger partial charge in [-0.3, -0.25) is 19.4 Å². The van der Waals surface area contributed by atoms with E-state index in [4.69, 9.17) is 0 Å². The summed E-state index contributed by atoms with van der Waals surface area (Å²) in [5, 5.41) is 5.84. The maximum absolute atomic E-state index is 12.8. The van der Waals surface area contributed by atoms with Crippen LogP contribution in [0.15, 0.2) is 24.3 Å². The summed E-state index contributed by atoms with van der Waals surface area (Å²) in [6, 6.07) is 8.30. The fourth-order valence-corrected chi connectivity index (χ4v) is 5.26. The lowest BCUT2D eigenvalue weighted by Gasteiger charge is -2.36. The molecule has 33 heavy (non-hydrogen) atoms. The summed E-state index contributed by atoms with van der Waals surface area (Å²) >= 11 is 0. The highest BCUT2D eigenvalue weighted by Crippen LogP contribution is 2.33. The van der Waals surface area contributed by atoms with Crippen molar-refractivity contribution in [1.82, 2.24) is 20.4 Å². The molecule has 180 valence electrons. The van der Waals surface area contributed by atoms with Gasteiger partial charge >= 0.3 is 6.03 Å². The van der Waals surface area contributed by atoms with Crippen LogP contribution in [0.1, 0.15) is 50.5 Å². The summed E-state index contributed by atoms with van der Waals surface area (Å²) in [6.45, 7) is 7.93. The van der Waals surface area contributed by atoms with Gasteiger partial charge in [0.05, 0.1) is 0 Å². The molecule has 1 aromatic rings. The third kappa shape index (κ3) is 5.66. The fourth-order valence-electron chi connectivity index (χ4n) is 5.26. The van der Waals surface area contributed by atoms with Gasteiger partial charge in [0.1, 0.15) is 5.54 Å². The van der Waals surface area contributed by atoms with Gasteiger partial charge in [-0.05, 0) is 50.4 Å². The van der Waals surface area contributed by atoms with Crippen LogP contribution in [-0.2, 0) is 9.59 Å². The normalized spacial score (nSPS) is 20.9. The second-order valence-electron chi connectivity index (χ2n) is 9.65. The quantitative estimate of drug-likeness (QED) is 0.464. The molecule has 1 saturated carbocycles. The largest absolute Gasteiger partial charge is 0.369 e. The van der Waals surface area contributed by atoms with Gasteiger partial charge in [0.15, 0.2) is 0 Å². The van der Waals surface area contributed by atoms with E-state index < -0.39 is 5.54 Å². The Kier molecular flexibility index (Phi) is 7.53. The van der Waals surface area contributed by atoms with E-state index in [0.29, 0.717) is 19.4 Å². The molecule has 0 radical (unpaired) electrons. The smallest absolute Gasteiger partial charge is 0.325 e. The van der Waals surface area contributed by atoms with Gasteiger partial charge in [0.2, 0.25) is 5.91 Å². The summed E-state index contributed by atoms with van der Waals surface area (Å²) in [4.78, 5) is 43.4. The van der Waals surface area contributed by atoms with Crippen LogP contribution >= 0.6 is 0 Å². The van der Waals surface area contributed by atoms with E-state index in [2.05, 4.69) is 51.6 Å². The minimum absolute atomic E-state index is 0.107. The molecule has 1 aliphatic carbocycles. The van der Waals surface area contributed by atoms with Crippen LogP contribution in [0.5, 0.6) is 0 Å². The molecule has 4 amide bonds. The van der Waals surface area contributed by atoms with Gasteiger partial charge in [-0.1, -0.05) is 31.4 Å². The Balaban J connectivity index is 1.10. The number of piperazine rings is 1. The number of hydrogen-bond acceptors (Lipinski definition) is 5. The molecule has 0 unspecified atom stereocenters. The molecule has 0 bridgehead atoms. The number of nitrogens with one attached hydrogen (secondary N) is 2. The molecule has 2 saturated heterocycles. The van der Waals surface area contributed by atoms with Crippen molar-refractivity contribution >= 4 is 23.5 Å². The van der Waals surface area contributed by atoms with Crippen molar-refractivity contribution in [1.29, 1.82) is 0 Å². The molecule has 8 heteroatoms. The number of benzene rings is 1. The highest BCUT2D eigenvalue weighted by atomic mass is 16.2. The predicted molar refractivity (Wildman–Crippen MR) is 128 cm³/mol. The van der Waals surface area contributed by atoms with Crippen molar-refractivity contribution in [2.45, 2.75) is 57.4 Å². The van der Waals surface area contributed by atoms with Crippen LogP contribution in [0, 0.1) is 6.92 Å². The van der Waals surface area contributed by atoms with Crippen molar-refractivity contribution < 1.29 is 14.4 Å². The van der Waals surface area contributed by atoms with Gasteiger partial charge in [-0.2, -0.15) is 0 Å². The number of imide groups is 1. The first kappa shape index (κ1) is 23.5. The van der Waals surface area contributed by atoms with Gasteiger partial charge < -0.3 is 15.5 Å². The number of carbonyl (C=O) groups is 3. The van der Waals surface area contributed by atoms with E-state index in [1.807, 2.05) is 0 Å². The number of anilines is 1. The molecular weight excluding hydrogens is 418 g/mol. The number of hydrogen-bond donors (Lipinski definition) is 2. The van der Waals surface area contributed by atoms with Gasteiger partial charge in [0.25, 0.3) is 5.91 Å². The van der Waals surface area contributed by atoms with Crippen LogP contribution in [0.2, 0.25) is 0 Å². The minimum Gasteiger partial charge on any atom is -0.369 e. The monoisotopic (exact) mass is 455 g/mol. The molecule has 2 heterocycles. The number of carbonyl (C=O) groups excluding carboxylic acids is 3. The lowest BCUT2D eigenvalue weighted by atomic mass is 9.82. The minimum atomic E-state index is -0.713. The summed E-state index contributed by atoms with van der Waals surface area (Å²) in [5.74, 6) is -0.255. The van der Waals surface area contributed by atoms with Gasteiger partial charge in [0, 0.05) is 51.4 Å². The van der Waals surface area contributed by atoms with E-state index in [1.165, 1.54) is 16.2 Å². The molecule has 2 aliphatic heterocycles. The van der Waals surface area contributed by atoms with E-state index in [0.717, 1.165) is 58.4 Å². The van der Waals surface area contributed by atoms with Gasteiger partial charge in [-0.25, -0.2) is 4.79 Å². The van der Waals surface area contributed by atoms with Crippen molar-refractivity contribution in [2.24, 2.45) is 0 Å². The van der Waals surface area contributed by atoms with Crippen LogP contribution in [0.4, 0.5) is 10.5 Å². The molecule has 8 nitrogen and oxygen atoms in total. The summed E-state index contributed by atoms with van der Waals surface area (Å²) < 4.78 is 0. The lowest BCUT2D eigenvalue weighted by molar-refractivity contribution is -0.132. The zero-order chi connectivity index (χ0) is 23.3. The molecule has 0 aromatic heterocycles. The zero-order valence-electron chi connectivity index (χ0n) is 19.8.